The number of esters is 1. The number of allylic oxidation sites excluding steroid dienone is 1. The van der Waals surface area contributed by atoms with Crippen LogP contribution in [0.5, 0.6) is 0 Å². The van der Waals surface area contributed by atoms with Crippen LogP contribution in [0.25, 0.3) is 0 Å². The molecule has 0 amide bonds. The average molecular weight is 401 g/mol. The van der Waals surface area contributed by atoms with Gasteiger partial charge in [-0.05, 0) is 68.1 Å². The second-order valence-corrected chi connectivity index (χ2v) is 10.8. The van der Waals surface area contributed by atoms with Gasteiger partial charge in [-0.3, -0.25) is 9.59 Å². The van der Waals surface area contributed by atoms with E-state index in [2.05, 4.69) is 26.8 Å². The Morgan fingerprint density at radius 2 is 1.83 bits per heavy atom. The van der Waals surface area contributed by atoms with Gasteiger partial charge in [0.25, 0.3) is 0 Å². The molecule has 0 aliphatic heterocycles. The molecule has 3 saturated carbocycles. The van der Waals surface area contributed by atoms with Gasteiger partial charge in [-0.2, -0.15) is 0 Å². The lowest BCUT2D eigenvalue weighted by Gasteiger charge is -2.56. The molecule has 0 heterocycles. The zero-order chi connectivity index (χ0) is 20.6. The number of ether oxygens (including phenoxy) is 1. The van der Waals surface area contributed by atoms with Gasteiger partial charge in [-0.1, -0.05) is 51.7 Å². The third kappa shape index (κ3) is 3.72. The van der Waals surface area contributed by atoms with E-state index >= 15 is 0 Å². The van der Waals surface area contributed by atoms with Crippen LogP contribution < -0.4 is 0 Å². The SMILES string of the molecule is CCCCCCC(=O)O[C@H]1CC[C@@]2(C)C(=CC[C@@H]3[C@H]2CC[C@]2(C)C(=O)CC[C@H]32)C1. The maximum atomic E-state index is 12.6. The Hall–Kier alpha value is -1.12. The number of hydrogen-bond donors (Lipinski definition) is 0. The Balaban J connectivity index is 1.39. The van der Waals surface area contributed by atoms with Crippen LogP contribution in [-0.2, 0) is 14.3 Å². The Morgan fingerprint density at radius 1 is 1.07 bits per heavy atom. The molecule has 0 aromatic heterocycles. The summed E-state index contributed by atoms with van der Waals surface area (Å²) in [5.41, 5.74) is 1.74. The van der Waals surface area contributed by atoms with E-state index in [9.17, 15) is 9.59 Å². The summed E-state index contributed by atoms with van der Waals surface area (Å²) in [5.74, 6) is 2.49. The van der Waals surface area contributed by atoms with Crippen molar-refractivity contribution in [3.63, 3.8) is 0 Å². The predicted molar refractivity (Wildman–Crippen MR) is 115 cm³/mol. The van der Waals surface area contributed by atoms with Crippen molar-refractivity contribution in [3.8, 4) is 0 Å². The summed E-state index contributed by atoms with van der Waals surface area (Å²) >= 11 is 0. The standard InChI is InChI=1S/C26H40O3/c1-4-5-6-7-8-24(28)29-19-13-15-25(2)18(17-19)9-10-20-21-11-12-23(27)26(21,3)16-14-22(20)25/h9,19-22H,4-8,10-17H2,1-3H3/t19-,20-,21+,22+,25-,26-/m0/s1. The lowest BCUT2D eigenvalue weighted by Crippen LogP contribution is -2.50. The van der Waals surface area contributed by atoms with Crippen LogP contribution in [0.4, 0.5) is 0 Å². The minimum absolute atomic E-state index is 0.00175. The highest BCUT2D eigenvalue weighted by molar-refractivity contribution is 5.87. The molecule has 3 heteroatoms. The fourth-order valence-corrected chi connectivity index (χ4v) is 7.44. The molecule has 3 fully saturated rings. The Kier molecular flexibility index (Phi) is 5.97. The molecule has 0 N–H and O–H groups in total. The summed E-state index contributed by atoms with van der Waals surface area (Å²) in [5, 5.41) is 0. The molecule has 29 heavy (non-hydrogen) atoms. The number of ketones is 1. The van der Waals surface area contributed by atoms with Crippen molar-refractivity contribution in [2.45, 2.75) is 110 Å². The Bertz CT molecular complexity index is 679. The molecule has 4 aliphatic rings. The third-order valence-corrected chi connectivity index (χ3v) is 9.30. The Morgan fingerprint density at radius 3 is 2.62 bits per heavy atom. The molecule has 4 aliphatic carbocycles. The molecular formula is C26H40O3. The first-order valence-corrected chi connectivity index (χ1v) is 12.3. The van der Waals surface area contributed by atoms with E-state index in [0.29, 0.717) is 30.0 Å². The normalized spacial score (nSPS) is 41.2. The molecule has 162 valence electrons. The van der Waals surface area contributed by atoms with Gasteiger partial charge in [-0.15, -0.1) is 0 Å². The van der Waals surface area contributed by atoms with E-state index in [1.807, 2.05) is 0 Å². The highest BCUT2D eigenvalue weighted by Crippen LogP contribution is 2.64. The van der Waals surface area contributed by atoms with E-state index in [1.165, 1.54) is 19.3 Å². The van der Waals surface area contributed by atoms with E-state index in [1.54, 1.807) is 5.57 Å². The number of hydrogen-bond acceptors (Lipinski definition) is 3. The molecule has 0 spiro atoms. The van der Waals surface area contributed by atoms with Gasteiger partial charge in [0.15, 0.2) is 0 Å². The van der Waals surface area contributed by atoms with Crippen LogP contribution in [0.1, 0.15) is 104 Å². The molecule has 3 nitrogen and oxygen atoms in total. The maximum absolute atomic E-state index is 12.6. The topological polar surface area (TPSA) is 43.4 Å². The number of carbonyl (C=O) groups is 2. The molecule has 0 bridgehead atoms. The minimum Gasteiger partial charge on any atom is -0.462 e. The summed E-state index contributed by atoms with van der Waals surface area (Å²) in [7, 11) is 0. The highest BCUT2D eigenvalue weighted by atomic mass is 16.5. The van der Waals surface area contributed by atoms with Crippen LogP contribution in [0.3, 0.4) is 0 Å². The minimum atomic E-state index is -0.0482. The summed E-state index contributed by atoms with van der Waals surface area (Å²) in [6, 6.07) is 0. The lowest BCUT2D eigenvalue weighted by atomic mass is 9.48. The number of rotatable bonds is 6. The van der Waals surface area contributed by atoms with Crippen molar-refractivity contribution < 1.29 is 14.3 Å². The van der Waals surface area contributed by atoms with Gasteiger partial charge in [0.05, 0.1) is 0 Å². The number of fused-ring (bicyclic) bond motifs is 5. The van der Waals surface area contributed by atoms with Crippen molar-refractivity contribution in [3.05, 3.63) is 11.6 Å². The van der Waals surface area contributed by atoms with Crippen LogP contribution >= 0.6 is 0 Å². The van der Waals surface area contributed by atoms with E-state index in [0.717, 1.165) is 57.8 Å². The van der Waals surface area contributed by atoms with Crippen molar-refractivity contribution in [1.82, 2.24) is 0 Å². The van der Waals surface area contributed by atoms with E-state index in [-0.39, 0.29) is 22.9 Å². The van der Waals surface area contributed by atoms with Gasteiger partial charge >= 0.3 is 5.97 Å². The first-order chi connectivity index (χ1) is 13.9. The molecule has 0 aromatic rings. The lowest BCUT2D eigenvalue weighted by molar-refractivity contribution is -0.151. The number of Topliss-reactive ketones (excluding diaryl/α,β-unsaturated/α-hetero) is 1. The summed E-state index contributed by atoms with van der Waals surface area (Å²) in [6.45, 7) is 6.91. The summed E-state index contributed by atoms with van der Waals surface area (Å²) in [6.07, 6.45) is 16.0. The second kappa shape index (κ2) is 8.19. The molecule has 4 rings (SSSR count). The van der Waals surface area contributed by atoms with E-state index < -0.39 is 0 Å². The fourth-order valence-electron chi connectivity index (χ4n) is 7.44. The molecule has 0 aromatic carbocycles. The monoisotopic (exact) mass is 400 g/mol. The zero-order valence-electron chi connectivity index (χ0n) is 18.8. The molecule has 0 unspecified atom stereocenters. The summed E-state index contributed by atoms with van der Waals surface area (Å²) < 4.78 is 5.88. The molecule has 0 radical (unpaired) electrons. The van der Waals surface area contributed by atoms with E-state index in [4.69, 9.17) is 4.74 Å². The molecule has 0 saturated heterocycles. The number of carbonyl (C=O) groups excluding carboxylic acids is 2. The molecule has 6 atom stereocenters. The zero-order valence-corrected chi connectivity index (χ0v) is 18.8. The highest BCUT2D eigenvalue weighted by Gasteiger charge is 2.58. The van der Waals surface area contributed by atoms with Gasteiger partial charge in [0, 0.05) is 24.7 Å². The summed E-state index contributed by atoms with van der Waals surface area (Å²) in [4.78, 5) is 24.8. The first kappa shape index (κ1) is 21.1. The van der Waals surface area contributed by atoms with Crippen molar-refractivity contribution in [2.24, 2.45) is 28.6 Å². The average Bonchev–Trinajstić information content (AvgIpc) is 3.00. The van der Waals surface area contributed by atoms with Crippen LogP contribution in [-0.4, -0.2) is 17.9 Å². The second-order valence-electron chi connectivity index (χ2n) is 10.8. The maximum Gasteiger partial charge on any atom is 0.306 e. The van der Waals surface area contributed by atoms with Gasteiger partial charge in [0.1, 0.15) is 11.9 Å². The quantitative estimate of drug-likeness (QED) is 0.294. The van der Waals surface area contributed by atoms with Crippen LogP contribution in [0.2, 0.25) is 0 Å². The van der Waals surface area contributed by atoms with Crippen molar-refractivity contribution in [1.29, 1.82) is 0 Å². The van der Waals surface area contributed by atoms with Gasteiger partial charge < -0.3 is 4.74 Å². The Labute approximate surface area is 177 Å². The smallest absolute Gasteiger partial charge is 0.306 e. The fraction of sp³-hybridized carbons (Fsp3) is 0.846. The largest absolute Gasteiger partial charge is 0.462 e. The third-order valence-electron chi connectivity index (χ3n) is 9.30. The predicted octanol–water partition coefficient (Wildman–Crippen LogP) is 6.40. The van der Waals surface area contributed by atoms with Crippen molar-refractivity contribution in [2.75, 3.05) is 0 Å². The number of unbranched alkanes of at least 4 members (excludes halogenated alkanes) is 3. The van der Waals surface area contributed by atoms with Gasteiger partial charge in [-0.25, -0.2) is 0 Å². The first-order valence-electron chi connectivity index (χ1n) is 12.3. The van der Waals surface area contributed by atoms with Crippen LogP contribution in [0.15, 0.2) is 11.6 Å². The van der Waals surface area contributed by atoms with Crippen molar-refractivity contribution >= 4 is 11.8 Å². The van der Waals surface area contributed by atoms with Crippen LogP contribution in [0, 0.1) is 28.6 Å². The molecular weight excluding hydrogens is 360 g/mol. The van der Waals surface area contributed by atoms with Gasteiger partial charge in [0.2, 0.25) is 0 Å².